The Morgan fingerprint density at radius 2 is 1.65 bits per heavy atom. The lowest BCUT2D eigenvalue weighted by molar-refractivity contribution is 0.162. The van der Waals surface area contributed by atoms with Crippen molar-refractivity contribution in [2.75, 3.05) is 19.6 Å². The predicted octanol–water partition coefficient (Wildman–Crippen LogP) is 3.12. The van der Waals surface area contributed by atoms with E-state index in [1.807, 2.05) is 0 Å². The van der Waals surface area contributed by atoms with Crippen LogP contribution in [0.1, 0.15) is 53.4 Å². The van der Waals surface area contributed by atoms with Gasteiger partial charge in [0.1, 0.15) is 0 Å². The minimum atomic E-state index is 0.466. The molecule has 2 N–H and O–H groups in total. The summed E-state index contributed by atoms with van der Waals surface area (Å²) in [5, 5.41) is 0. The molecule has 102 valence electrons. The van der Waals surface area contributed by atoms with E-state index in [9.17, 15) is 0 Å². The fraction of sp³-hybridized carbons (Fsp3) is 1.00. The third-order valence-corrected chi connectivity index (χ3v) is 3.59. The molecule has 1 rings (SSSR count). The van der Waals surface area contributed by atoms with Gasteiger partial charge < -0.3 is 10.6 Å². The van der Waals surface area contributed by atoms with Crippen LogP contribution in [0.2, 0.25) is 0 Å². The van der Waals surface area contributed by atoms with Crippen LogP contribution in [0.5, 0.6) is 0 Å². The molecule has 0 saturated heterocycles. The summed E-state index contributed by atoms with van der Waals surface area (Å²) >= 11 is 0. The van der Waals surface area contributed by atoms with Crippen molar-refractivity contribution in [1.82, 2.24) is 4.90 Å². The second-order valence-corrected chi connectivity index (χ2v) is 6.80. The number of nitrogens with two attached hydrogens (primary N) is 1. The molecule has 2 nitrogen and oxygen atoms in total. The monoisotopic (exact) mass is 240 g/mol. The Bertz CT molecular complexity index is 191. The van der Waals surface area contributed by atoms with Gasteiger partial charge >= 0.3 is 0 Å². The summed E-state index contributed by atoms with van der Waals surface area (Å²) in [6, 6.07) is 0.466. The highest BCUT2D eigenvalue weighted by Crippen LogP contribution is 2.24. The third-order valence-electron chi connectivity index (χ3n) is 3.59. The van der Waals surface area contributed by atoms with Gasteiger partial charge in [0.15, 0.2) is 0 Å². The molecule has 1 aliphatic carbocycles. The Balaban J connectivity index is 2.40. The van der Waals surface area contributed by atoms with Gasteiger partial charge in [-0.25, -0.2) is 0 Å². The molecule has 0 spiro atoms. The van der Waals surface area contributed by atoms with E-state index in [0.717, 1.165) is 17.8 Å². The second-order valence-electron chi connectivity index (χ2n) is 6.80. The molecular formula is C15H32N2. The summed E-state index contributed by atoms with van der Waals surface area (Å²) in [6.07, 6.45) is 5.21. The number of hydrogen-bond donors (Lipinski definition) is 1. The molecule has 17 heavy (non-hydrogen) atoms. The van der Waals surface area contributed by atoms with Crippen molar-refractivity contribution >= 4 is 0 Å². The Kier molecular flexibility index (Phi) is 6.50. The average molecular weight is 240 g/mol. The smallest absolute Gasteiger partial charge is 0.00419 e. The van der Waals surface area contributed by atoms with E-state index in [0.29, 0.717) is 6.04 Å². The quantitative estimate of drug-likeness (QED) is 0.773. The van der Waals surface area contributed by atoms with Crippen LogP contribution in [0.3, 0.4) is 0 Å². The van der Waals surface area contributed by atoms with Crippen molar-refractivity contribution in [3.05, 3.63) is 0 Å². The number of rotatable bonds is 6. The van der Waals surface area contributed by atoms with E-state index in [1.165, 1.54) is 45.3 Å². The molecule has 0 radical (unpaired) electrons. The minimum Gasteiger partial charge on any atom is -0.328 e. The standard InChI is InChI=1S/C15H32N2/c1-12(2)9-17(10-13(3)4)11-14-6-5-7-15(16)8-14/h12-15H,5-11,16H2,1-4H3. The molecule has 2 unspecified atom stereocenters. The fourth-order valence-corrected chi connectivity index (χ4v) is 3.12. The zero-order valence-corrected chi connectivity index (χ0v) is 12.3. The topological polar surface area (TPSA) is 29.3 Å². The van der Waals surface area contributed by atoms with Crippen LogP contribution in [0, 0.1) is 17.8 Å². The van der Waals surface area contributed by atoms with Crippen molar-refractivity contribution in [3.8, 4) is 0 Å². The Morgan fingerprint density at radius 3 is 2.12 bits per heavy atom. The lowest BCUT2D eigenvalue weighted by Gasteiger charge is -2.33. The predicted molar refractivity (Wildman–Crippen MR) is 76.0 cm³/mol. The molecule has 0 amide bonds. The fourth-order valence-electron chi connectivity index (χ4n) is 3.12. The highest BCUT2D eigenvalue weighted by Gasteiger charge is 2.22. The van der Waals surface area contributed by atoms with Crippen LogP contribution in [-0.2, 0) is 0 Å². The highest BCUT2D eigenvalue weighted by atomic mass is 15.1. The van der Waals surface area contributed by atoms with Crippen LogP contribution in [0.15, 0.2) is 0 Å². The summed E-state index contributed by atoms with van der Waals surface area (Å²) < 4.78 is 0. The third kappa shape index (κ3) is 6.42. The zero-order chi connectivity index (χ0) is 12.8. The molecule has 0 bridgehead atoms. The number of nitrogens with zero attached hydrogens (tertiary/aromatic N) is 1. The van der Waals surface area contributed by atoms with Crippen molar-refractivity contribution in [1.29, 1.82) is 0 Å². The van der Waals surface area contributed by atoms with Gasteiger partial charge in [-0.05, 0) is 37.0 Å². The molecule has 2 heteroatoms. The second kappa shape index (κ2) is 7.38. The highest BCUT2D eigenvalue weighted by molar-refractivity contribution is 4.78. The normalized spacial score (nSPS) is 26.1. The van der Waals surface area contributed by atoms with Crippen molar-refractivity contribution in [2.45, 2.75) is 59.4 Å². The molecule has 1 saturated carbocycles. The molecule has 0 aliphatic heterocycles. The van der Waals surface area contributed by atoms with E-state index < -0.39 is 0 Å². The summed E-state index contributed by atoms with van der Waals surface area (Å²) in [6.45, 7) is 13.0. The maximum absolute atomic E-state index is 6.08. The first kappa shape index (κ1) is 15.0. The van der Waals surface area contributed by atoms with Gasteiger partial charge in [0.2, 0.25) is 0 Å². The van der Waals surface area contributed by atoms with Gasteiger partial charge in [0.25, 0.3) is 0 Å². The molecule has 1 aliphatic rings. The lowest BCUT2D eigenvalue weighted by Crippen LogP contribution is -2.39. The van der Waals surface area contributed by atoms with Gasteiger partial charge in [-0.3, -0.25) is 0 Å². The lowest BCUT2D eigenvalue weighted by atomic mass is 9.85. The molecule has 0 aromatic carbocycles. The first-order valence-electron chi connectivity index (χ1n) is 7.45. The molecule has 0 aromatic heterocycles. The summed E-state index contributed by atoms with van der Waals surface area (Å²) in [5.74, 6) is 2.38. The van der Waals surface area contributed by atoms with Crippen LogP contribution < -0.4 is 5.73 Å². The van der Waals surface area contributed by atoms with Crippen LogP contribution in [-0.4, -0.2) is 30.6 Å². The van der Waals surface area contributed by atoms with E-state index in [1.54, 1.807) is 0 Å². The Labute approximate surface area is 108 Å². The van der Waals surface area contributed by atoms with Crippen molar-refractivity contribution in [2.24, 2.45) is 23.5 Å². The molecule has 1 fully saturated rings. The van der Waals surface area contributed by atoms with Gasteiger partial charge in [0.05, 0.1) is 0 Å². The largest absolute Gasteiger partial charge is 0.328 e. The average Bonchev–Trinajstić information content (AvgIpc) is 2.14. The Hall–Kier alpha value is -0.0800. The van der Waals surface area contributed by atoms with Gasteiger partial charge in [-0.15, -0.1) is 0 Å². The Morgan fingerprint density at radius 1 is 1.06 bits per heavy atom. The van der Waals surface area contributed by atoms with E-state index in [4.69, 9.17) is 5.73 Å². The SMILES string of the molecule is CC(C)CN(CC(C)C)CC1CCCC(N)C1. The van der Waals surface area contributed by atoms with Gasteiger partial charge in [-0.2, -0.15) is 0 Å². The van der Waals surface area contributed by atoms with Crippen LogP contribution in [0.25, 0.3) is 0 Å². The van der Waals surface area contributed by atoms with Crippen molar-refractivity contribution in [3.63, 3.8) is 0 Å². The van der Waals surface area contributed by atoms with E-state index in [-0.39, 0.29) is 0 Å². The van der Waals surface area contributed by atoms with E-state index in [2.05, 4.69) is 32.6 Å². The first-order valence-corrected chi connectivity index (χ1v) is 7.45. The molecule has 0 aromatic rings. The molecular weight excluding hydrogens is 208 g/mol. The maximum atomic E-state index is 6.08. The van der Waals surface area contributed by atoms with Gasteiger partial charge in [0, 0.05) is 25.7 Å². The maximum Gasteiger partial charge on any atom is 0.00419 e. The summed E-state index contributed by atoms with van der Waals surface area (Å²) in [4.78, 5) is 2.66. The van der Waals surface area contributed by atoms with Gasteiger partial charge in [-0.1, -0.05) is 34.1 Å². The zero-order valence-electron chi connectivity index (χ0n) is 12.3. The van der Waals surface area contributed by atoms with Crippen LogP contribution >= 0.6 is 0 Å². The molecule has 0 heterocycles. The summed E-state index contributed by atoms with van der Waals surface area (Å²) in [7, 11) is 0. The van der Waals surface area contributed by atoms with E-state index >= 15 is 0 Å². The minimum absolute atomic E-state index is 0.466. The molecule has 2 atom stereocenters. The summed E-state index contributed by atoms with van der Waals surface area (Å²) in [5.41, 5.74) is 6.08. The number of hydrogen-bond acceptors (Lipinski definition) is 2. The van der Waals surface area contributed by atoms with Crippen molar-refractivity contribution < 1.29 is 0 Å². The van der Waals surface area contributed by atoms with Crippen LogP contribution in [0.4, 0.5) is 0 Å². The first-order chi connectivity index (χ1) is 7.97.